The van der Waals surface area contributed by atoms with Crippen LogP contribution in [0.1, 0.15) is 38.1 Å². The molecule has 0 spiro atoms. The van der Waals surface area contributed by atoms with Gasteiger partial charge in [0.1, 0.15) is 29.3 Å². The molecule has 1 amide bonds. The molecule has 3 N–H and O–H groups in total. The van der Waals surface area contributed by atoms with Crippen LogP contribution in [0, 0.1) is 0 Å². The van der Waals surface area contributed by atoms with E-state index in [1.54, 1.807) is 11.2 Å². The minimum absolute atomic E-state index is 0.253. The summed E-state index contributed by atoms with van der Waals surface area (Å²) < 4.78 is 8.10. The molecular weight excluding hydrogens is 594 g/mol. The van der Waals surface area contributed by atoms with E-state index in [2.05, 4.69) is 29.3 Å². The molecule has 4 aromatic rings. The zero-order valence-corrected chi connectivity index (χ0v) is 26.7. The molecule has 1 unspecified atom stereocenters. The number of fused-ring (bicyclic) bond motifs is 1. The number of nitrogens with zero attached hydrogens (tertiary/aromatic N) is 8. The number of aromatic nitrogens is 4. The molecule has 47 heavy (non-hydrogen) atoms. The average Bonchev–Trinajstić information content (AvgIpc) is 3.72. The molecule has 6 heterocycles. The van der Waals surface area contributed by atoms with Gasteiger partial charge in [0.05, 0.1) is 11.4 Å². The lowest BCUT2D eigenvalue weighted by Crippen LogP contribution is -2.63. The Labute approximate surface area is 274 Å². The van der Waals surface area contributed by atoms with E-state index in [1.165, 1.54) is 13.0 Å². The van der Waals surface area contributed by atoms with Crippen molar-refractivity contribution in [2.75, 3.05) is 58.1 Å². The largest absolute Gasteiger partial charge is 0.465 e. The van der Waals surface area contributed by atoms with E-state index in [0.717, 1.165) is 92.2 Å². The molecule has 0 bridgehead atoms. The molecule has 0 radical (unpaired) electrons. The Morgan fingerprint density at radius 3 is 2.09 bits per heavy atom. The molecular formula is C35H43N9O3. The fraction of sp³-hybridized carbons (Fsp3) is 0.486. The van der Waals surface area contributed by atoms with Crippen molar-refractivity contribution in [1.82, 2.24) is 39.3 Å². The maximum atomic E-state index is 11.2. The normalized spacial score (nSPS) is 22.6. The van der Waals surface area contributed by atoms with E-state index in [1.807, 2.05) is 54.6 Å². The first-order valence-corrected chi connectivity index (χ1v) is 17.0. The van der Waals surface area contributed by atoms with Gasteiger partial charge in [-0.2, -0.15) is 5.10 Å². The summed E-state index contributed by atoms with van der Waals surface area (Å²) in [6, 6.07) is 19.8. The van der Waals surface area contributed by atoms with Crippen LogP contribution in [0.25, 0.3) is 22.3 Å². The molecule has 12 nitrogen and oxygen atoms in total. The van der Waals surface area contributed by atoms with E-state index in [9.17, 15) is 9.90 Å². The lowest BCUT2D eigenvalue weighted by Gasteiger charge is -2.50. The molecule has 4 aliphatic rings. The number of benzene rings is 2. The number of nitrogens with two attached hydrogens (primary N) is 1. The maximum Gasteiger partial charge on any atom is 0.407 e. The summed E-state index contributed by atoms with van der Waals surface area (Å²) in [5, 5.41) is 15.2. The second-order valence-electron chi connectivity index (χ2n) is 13.5. The molecule has 12 heteroatoms. The number of amides is 1. The molecule has 0 saturated carbocycles. The van der Waals surface area contributed by atoms with Gasteiger partial charge in [0.15, 0.2) is 5.65 Å². The predicted molar refractivity (Wildman–Crippen MR) is 179 cm³/mol. The number of piperidine rings is 2. The third-order valence-electron chi connectivity index (χ3n) is 10.8. The maximum absolute atomic E-state index is 11.2. The predicted octanol–water partition coefficient (Wildman–Crippen LogP) is 4.41. The van der Waals surface area contributed by atoms with Crippen LogP contribution < -0.4 is 10.5 Å². The summed E-state index contributed by atoms with van der Waals surface area (Å²) in [5.74, 6) is 2.01. The van der Waals surface area contributed by atoms with Gasteiger partial charge in [-0.1, -0.05) is 18.2 Å². The van der Waals surface area contributed by atoms with Gasteiger partial charge in [-0.15, -0.1) is 0 Å². The third-order valence-corrected chi connectivity index (χ3v) is 10.8. The van der Waals surface area contributed by atoms with Gasteiger partial charge in [-0.3, -0.25) is 14.7 Å². The van der Waals surface area contributed by atoms with Crippen LogP contribution in [0.2, 0.25) is 0 Å². The number of carbonyl (C=O) groups is 1. The molecule has 4 aliphatic heterocycles. The molecule has 0 aliphatic carbocycles. The zero-order chi connectivity index (χ0) is 31.9. The summed E-state index contributed by atoms with van der Waals surface area (Å²) in [7, 11) is 0. The zero-order valence-electron chi connectivity index (χ0n) is 26.7. The average molecular weight is 638 g/mol. The Hall–Kier alpha value is -4.26. The van der Waals surface area contributed by atoms with E-state index >= 15 is 0 Å². The summed E-state index contributed by atoms with van der Waals surface area (Å²) >= 11 is 0. The van der Waals surface area contributed by atoms with Gasteiger partial charge in [-0.05, 0) is 68.5 Å². The topological polar surface area (TPSA) is 129 Å². The molecule has 2 aromatic heterocycles. The van der Waals surface area contributed by atoms with E-state index < -0.39 is 6.09 Å². The number of carboxylic acid groups (broad SMARTS) is 1. The second kappa shape index (κ2) is 12.7. The van der Waals surface area contributed by atoms with Crippen LogP contribution >= 0.6 is 0 Å². The number of ether oxygens (including phenoxy) is 1. The van der Waals surface area contributed by atoms with Gasteiger partial charge < -0.3 is 20.5 Å². The SMILES string of the molecule is Nc1ncnc2c1c(-c1ccc(Oc3ccccc3)cc1)nn2C1CCN(C2CCN(C3CN(C4CCN(C(=O)O)CC4)C3)C2)CC1. The van der Waals surface area contributed by atoms with Gasteiger partial charge in [0, 0.05) is 76.0 Å². The van der Waals surface area contributed by atoms with Crippen molar-refractivity contribution in [3.8, 4) is 22.8 Å². The fourth-order valence-corrected chi connectivity index (χ4v) is 8.09. The Morgan fingerprint density at radius 1 is 0.723 bits per heavy atom. The number of rotatable bonds is 7. The van der Waals surface area contributed by atoms with Crippen molar-refractivity contribution in [1.29, 1.82) is 0 Å². The smallest absolute Gasteiger partial charge is 0.407 e. The standard InChI is InChI=1S/C35H43N9O3/c36-33-31-32(24-6-8-30(9-7-24)47-29-4-2-1-3-5-29)39-44(34(31)38-23-37-33)26-12-15-40(16-13-26)27-14-19-42(20-27)28-21-43(22-28)25-10-17-41(18-11-25)35(45)46/h1-9,23,25-28H,10-22H2,(H,45,46)(H2,36,37,38). The first-order chi connectivity index (χ1) is 23.0. The van der Waals surface area contributed by atoms with Crippen molar-refractivity contribution in [3.05, 3.63) is 60.9 Å². The number of hydrogen-bond acceptors (Lipinski definition) is 9. The molecule has 4 saturated heterocycles. The van der Waals surface area contributed by atoms with Gasteiger partial charge in [0.2, 0.25) is 0 Å². The highest BCUT2D eigenvalue weighted by atomic mass is 16.5. The van der Waals surface area contributed by atoms with Crippen molar-refractivity contribution in [2.24, 2.45) is 0 Å². The minimum Gasteiger partial charge on any atom is -0.465 e. The van der Waals surface area contributed by atoms with Crippen LogP contribution in [0.15, 0.2) is 60.9 Å². The van der Waals surface area contributed by atoms with E-state index in [4.69, 9.17) is 15.6 Å². The van der Waals surface area contributed by atoms with Gasteiger partial charge in [0.25, 0.3) is 0 Å². The number of likely N-dealkylation sites (tertiary alicyclic amines) is 4. The highest BCUT2D eigenvalue weighted by molar-refractivity contribution is 5.98. The Bertz CT molecular complexity index is 1690. The van der Waals surface area contributed by atoms with E-state index in [0.29, 0.717) is 37.0 Å². The van der Waals surface area contributed by atoms with Gasteiger partial charge in [-0.25, -0.2) is 19.4 Å². The lowest BCUT2D eigenvalue weighted by molar-refractivity contribution is -0.00766. The molecule has 1 atom stereocenters. The first-order valence-electron chi connectivity index (χ1n) is 17.0. The lowest BCUT2D eigenvalue weighted by atomic mass is 9.97. The highest BCUT2D eigenvalue weighted by Gasteiger charge is 2.41. The number of para-hydroxylation sites is 1. The Morgan fingerprint density at radius 2 is 1.36 bits per heavy atom. The van der Waals surface area contributed by atoms with Crippen LogP contribution in [0.5, 0.6) is 11.5 Å². The summed E-state index contributed by atoms with van der Waals surface area (Å²) in [6.45, 7) is 7.97. The molecule has 4 fully saturated rings. The Balaban J connectivity index is 0.880. The number of anilines is 1. The van der Waals surface area contributed by atoms with Crippen molar-refractivity contribution >= 4 is 22.9 Å². The van der Waals surface area contributed by atoms with Crippen molar-refractivity contribution in [2.45, 2.75) is 56.3 Å². The summed E-state index contributed by atoms with van der Waals surface area (Å²) in [5.41, 5.74) is 8.99. The summed E-state index contributed by atoms with van der Waals surface area (Å²) in [4.78, 5) is 29.7. The Kier molecular flexibility index (Phi) is 8.16. The first kappa shape index (κ1) is 30.1. The van der Waals surface area contributed by atoms with Crippen LogP contribution in [0.4, 0.5) is 10.6 Å². The van der Waals surface area contributed by atoms with Crippen LogP contribution in [0.3, 0.4) is 0 Å². The van der Waals surface area contributed by atoms with Gasteiger partial charge >= 0.3 is 6.09 Å². The minimum atomic E-state index is -0.782. The van der Waals surface area contributed by atoms with E-state index in [-0.39, 0.29) is 6.04 Å². The monoisotopic (exact) mass is 637 g/mol. The fourth-order valence-electron chi connectivity index (χ4n) is 8.09. The van der Waals surface area contributed by atoms with Crippen molar-refractivity contribution < 1.29 is 14.6 Å². The quantitative estimate of drug-likeness (QED) is 0.301. The number of nitrogen functional groups attached to an aromatic ring is 1. The highest BCUT2D eigenvalue weighted by Crippen LogP contribution is 2.36. The van der Waals surface area contributed by atoms with Crippen LogP contribution in [-0.4, -0.2) is 121 Å². The van der Waals surface area contributed by atoms with Crippen molar-refractivity contribution in [3.63, 3.8) is 0 Å². The molecule has 246 valence electrons. The second-order valence-corrected chi connectivity index (χ2v) is 13.5. The molecule has 8 rings (SSSR count). The third kappa shape index (κ3) is 6.01. The summed E-state index contributed by atoms with van der Waals surface area (Å²) in [6.07, 6.45) is 5.94. The number of hydrogen-bond donors (Lipinski definition) is 2. The molecule has 2 aromatic carbocycles. The van der Waals surface area contributed by atoms with Crippen LogP contribution in [-0.2, 0) is 0 Å².